The molecule has 0 aromatic heterocycles. The number of allylic oxidation sites excluding steroid dienone is 1. The summed E-state index contributed by atoms with van der Waals surface area (Å²) in [5.74, 6) is 0.0362. The second-order valence-corrected chi connectivity index (χ2v) is 6.00. The molecule has 0 unspecified atom stereocenters. The molecular formula is C18H25N3O2. The number of urea groups is 1. The largest absolute Gasteiger partial charge is 0.338 e. The fourth-order valence-corrected chi connectivity index (χ4v) is 2.54. The zero-order chi connectivity index (χ0) is 16.7. The Morgan fingerprint density at radius 1 is 1.04 bits per heavy atom. The Labute approximate surface area is 138 Å². The van der Waals surface area contributed by atoms with E-state index in [9.17, 15) is 9.59 Å². The number of nitrogens with one attached hydrogen (secondary N) is 1. The summed E-state index contributed by atoms with van der Waals surface area (Å²) in [6.07, 6.45) is 2.47. The van der Waals surface area contributed by atoms with Gasteiger partial charge in [-0.25, -0.2) is 4.79 Å². The molecule has 3 amide bonds. The van der Waals surface area contributed by atoms with Crippen molar-refractivity contribution in [1.82, 2.24) is 15.1 Å². The fraction of sp³-hybridized carbons (Fsp3) is 0.444. The number of rotatable bonds is 4. The maximum Gasteiger partial charge on any atom is 0.317 e. The minimum atomic E-state index is -0.0461. The van der Waals surface area contributed by atoms with Gasteiger partial charge in [-0.1, -0.05) is 35.9 Å². The molecule has 2 rings (SSSR count). The molecule has 0 spiro atoms. The lowest BCUT2D eigenvalue weighted by atomic mass is 10.1. The smallest absolute Gasteiger partial charge is 0.317 e. The Kier molecular flexibility index (Phi) is 6.20. The summed E-state index contributed by atoms with van der Waals surface area (Å²) in [7, 11) is 0. The van der Waals surface area contributed by atoms with Gasteiger partial charge in [0.2, 0.25) is 5.91 Å². The molecule has 1 aliphatic rings. The highest BCUT2D eigenvalue weighted by atomic mass is 16.2. The van der Waals surface area contributed by atoms with Gasteiger partial charge in [0.05, 0.1) is 0 Å². The molecule has 1 saturated heterocycles. The number of nitrogens with zero attached hydrogens (tertiary/aromatic N) is 2. The van der Waals surface area contributed by atoms with Crippen LogP contribution in [0.15, 0.2) is 42.0 Å². The average molecular weight is 315 g/mol. The van der Waals surface area contributed by atoms with Crippen LogP contribution in [0.5, 0.6) is 0 Å². The molecule has 1 N–H and O–H groups in total. The highest BCUT2D eigenvalue weighted by Gasteiger charge is 2.22. The first-order chi connectivity index (χ1) is 11.1. The van der Waals surface area contributed by atoms with Gasteiger partial charge in [-0.3, -0.25) is 4.79 Å². The summed E-state index contributed by atoms with van der Waals surface area (Å²) in [6.45, 7) is 6.80. The molecule has 0 aliphatic carbocycles. The summed E-state index contributed by atoms with van der Waals surface area (Å²) in [5.41, 5.74) is 2.21. The molecular weight excluding hydrogens is 290 g/mol. The minimum absolute atomic E-state index is 0.0362. The van der Waals surface area contributed by atoms with Gasteiger partial charge in [-0.2, -0.15) is 0 Å². The minimum Gasteiger partial charge on any atom is -0.338 e. The number of amides is 3. The Bertz CT molecular complexity index is 557. The summed E-state index contributed by atoms with van der Waals surface area (Å²) in [4.78, 5) is 27.7. The molecule has 0 bridgehead atoms. The zero-order valence-electron chi connectivity index (χ0n) is 13.9. The van der Waals surface area contributed by atoms with Crippen molar-refractivity contribution < 1.29 is 9.59 Å². The van der Waals surface area contributed by atoms with Gasteiger partial charge in [0.1, 0.15) is 0 Å². The number of piperazine rings is 1. The van der Waals surface area contributed by atoms with E-state index < -0.39 is 0 Å². The number of carbonyl (C=O) groups is 2. The molecule has 1 aliphatic heterocycles. The van der Waals surface area contributed by atoms with Gasteiger partial charge >= 0.3 is 6.03 Å². The molecule has 5 heteroatoms. The summed E-state index contributed by atoms with van der Waals surface area (Å²) < 4.78 is 0. The van der Waals surface area contributed by atoms with Crippen LogP contribution in [0.3, 0.4) is 0 Å². The second kappa shape index (κ2) is 8.36. The van der Waals surface area contributed by atoms with Gasteiger partial charge in [-0.15, -0.1) is 0 Å². The van der Waals surface area contributed by atoms with E-state index in [4.69, 9.17) is 0 Å². The van der Waals surface area contributed by atoms with Crippen LogP contribution in [0.4, 0.5) is 4.79 Å². The third-order valence-electron chi connectivity index (χ3n) is 3.82. The molecule has 1 fully saturated rings. The molecule has 1 aromatic rings. The predicted molar refractivity (Wildman–Crippen MR) is 91.1 cm³/mol. The van der Waals surface area contributed by atoms with Crippen LogP contribution in [0, 0.1) is 0 Å². The van der Waals surface area contributed by atoms with Crippen molar-refractivity contribution in [2.24, 2.45) is 0 Å². The van der Waals surface area contributed by atoms with Crippen LogP contribution in [0.2, 0.25) is 0 Å². The molecule has 1 aromatic carbocycles. The third-order valence-corrected chi connectivity index (χ3v) is 3.82. The van der Waals surface area contributed by atoms with E-state index in [2.05, 4.69) is 17.4 Å². The number of carbonyl (C=O) groups excluding carboxylic acids is 2. The van der Waals surface area contributed by atoms with Crippen molar-refractivity contribution >= 4 is 11.9 Å². The molecule has 124 valence electrons. The summed E-state index contributed by atoms with van der Waals surface area (Å²) in [6, 6.07) is 10.0. The predicted octanol–water partition coefficient (Wildman–Crippen LogP) is 2.05. The Hall–Kier alpha value is -2.30. The summed E-state index contributed by atoms with van der Waals surface area (Å²) in [5, 5.41) is 2.95. The van der Waals surface area contributed by atoms with E-state index in [1.165, 1.54) is 5.56 Å². The average Bonchev–Trinajstić information content (AvgIpc) is 2.55. The number of benzene rings is 1. The van der Waals surface area contributed by atoms with Crippen molar-refractivity contribution in [2.75, 3.05) is 32.7 Å². The van der Waals surface area contributed by atoms with Gasteiger partial charge in [0.15, 0.2) is 0 Å². The lowest BCUT2D eigenvalue weighted by Gasteiger charge is -2.34. The van der Waals surface area contributed by atoms with Crippen molar-refractivity contribution in [3.05, 3.63) is 47.5 Å². The normalized spacial score (nSPS) is 14.3. The topological polar surface area (TPSA) is 52.7 Å². The van der Waals surface area contributed by atoms with Crippen LogP contribution in [-0.4, -0.2) is 54.5 Å². The van der Waals surface area contributed by atoms with Gasteiger partial charge in [0, 0.05) is 38.8 Å². The first kappa shape index (κ1) is 17.1. The molecule has 0 saturated carbocycles. The quantitative estimate of drug-likeness (QED) is 0.865. The van der Waals surface area contributed by atoms with Crippen LogP contribution in [0.1, 0.15) is 19.4 Å². The Morgan fingerprint density at radius 2 is 1.65 bits per heavy atom. The van der Waals surface area contributed by atoms with Crippen molar-refractivity contribution in [2.45, 2.75) is 20.3 Å². The Balaban J connectivity index is 1.71. The van der Waals surface area contributed by atoms with Crippen LogP contribution in [-0.2, 0) is 11.2 Å². The fourth-order valence-electron chi connectivity index (χ4n) is 2.54. The molecule has 0 radical (unpaired) electrons. The highest BCUT2D eigenvalue weighted by Crippen LogP contribution is 2.05. The highest BCUT2D eigenvalue weighted by molar-refractivity contribution is 5.88. The van der Waals surface area contributed by atoms with E-state index in [-0.39, 0.29) is 11.9 Å². The lowest BCUT2D eigenvalue weighted by Crippen LogP contribution is -2.53. The molecule has 5 nitrogen and oxygen atoms in total. The van der Waals surface area contributed by atoms with Crippen LogP contribution < -0.4 is 5.32 Å². The van der Waals surface area contributed by atoms with Crippen molar-refractivity contribution in [3.8, 4) is 0 Å². The SMILES string of the molecule is CC(C)=CC(=O)N1CCN(C(=O)NCCc2ccccc2)CC1. The number of hydrogen-bond donors (Lipinski definition) is 1. The number of hydrogen-bond acceptors (Lipinski definition) is 2. The van der Waals surface area contributed by atoms with E-state index in [0.29, 0.717) is 32.7 Å². The Morgan fingerprint density at radius 3 is 2.26 bits per heavy atom. The first-order valence-corrected chi connectivity index (χ1v) is 8.07. The molecule has 0 atom stereocenters. The third kappa shape index (κ3) is 5.43. The van der Waals surface area contributed by atoms with E-state index >= 15 is 0 Å². The lowest BCUT2D eigenvalue weighted by molar-refractivity contribution is -0.127. The van der Waals surface area contributed by atoms with E-state index in [0.717, 1.165) is 12.0 Å². The van der Waals surface area contributed by atoms with Gasteiger partial charge < -0.3 is 15.1 Å². The second-order valence-electron chi connectivity index (χ2n) is 6.00. The monoisotopic (exact) mass is 315 g/mol. The standard InChI is InChI=1S/C18H25N3O2/c1-15(2)14-17(22)20-10-12-21(13-11-20)18(23)19-9-8-16-6-4-3-5-7-16/h3-7,14H,8-13H2,1-2H3,(H,19,23). The molecule has 1 heterocycles. The summed E-state index contributed by atoms with van der Waals surface area (Å²) >= 11 is 0. The molecule has 23 heavy (non-hydrogen) atoms. The van der Waals surface area contributed by atoms with Gasteiger partial charge in [-0.05, 0) is 25.8 Å². The zero-order valence-corrected chi connectivity index (χ0v) is 13.9. The van der Waals surface area contributed by atoms with Crippen molar-refractivity contribution in [1.29, 1.82) is 0 Å². The maximum absolute atomic E-state index is 12.1. The van der Waals surface area contributed by atoms with E-state index in [1.807, 2.05) is 32.0 Å². The maximum atomic E-state index is 12.1. The van der Waals surface area contributed by atoms with Crippen LogP contribution >= 0.6 is 0 Å². The first-order valence-electron chi connectivity index (χ1n) is 8.07. The van der Waals surface area contributed by atoms with Crippen LogP contribution in [0.25, 0.3) is 0 Å². The van der Waals surface area contributed by atoms with Crippen molar-refractivity contribution in [3.63, 3.8) is 0 Å². The van der Waals surface area contributed by atoms with E-state index in [1.54, 1.807) is 15.9 Å². The van der Waals surface area contributed by atoms with Gasteiger partial charge in [0.25, 0.3) is 0 Å².